The van der Waals surface area contributed by atoms with Gasteiger partial charge in [-0.3, -0.25) is 4.79 Å². The summed E-state index contributed by atoms with van der Waals surface area (Å²) in [5, 5.41) is 3.00. The van der Waals surface area contributed by atoms with Gasteiger partial charge in [0.05, 0.1) is 4.83 Å². The van der Waals surface area contributed by atoms with Gasteiger partial charge in [-0.25, -0.2) is 0 Å². The summed E-state index contributed by atoms with van der Waals surface area (Å²) in [6, 6.07) is 10.2. The number of benzene rings is 1. The normalized spacial score (nSPS) is 14.9. The van der Waals surface area contributed by atoms with Gasteiger partial charge >= 0.3 is 0 Å². The Morgan fingerprint density at radius 1 is 1.28 bits per heavy atom. The molecule has 0 bridgehead atoms. The van der Waals surface area contributed by atoms with E-state index in [4.69, 9.17) is 0 Å². The molecule has 2 unspecified atom stereocenters. The number of nitrogens with one attached hydrogen (secondary N) is 1. The molecule has 1 amide bonds. The van der Waals surface area contributed by atoms with Gasteiger partial charge in [0, 0.05) is 6.54 Å². The highest BCUT2D eigenvalue weighted by Crippen LogP contribution is 2.26. The molecule has 3 heteroatoms. The molecular formula is C15H22BrNO. The minimum absolute atomic E-state index is 0.0604. The molecule has 0 aliphatic heterocycles. The average molecular weight is 312 g/mol. The van der Waals surface area contributed by atoms with Crippen LogP contribution in [0.15, 0.2) is 30.3 Å². The maximum absolute atomic E-state index is 12.0. The highest BCUT2D eigenvalue weighted by atomic mass is 79.9. The zero-order valence-corrected chi connectivity index (χ0v) is 13.1. The second-order valence-corrected chi connectivity index (χ2v) is 6.70. The van der Waals surface area contributed by atoms with Crippen molar-refractivity contribution in [3.8, 4) is 0 Å². The molecule has 0 aromatic heterocycles. The van der Waals surface area contributed by atoms with Crippen LogP contribution in [-0.2, 0) is 4.79 Å². The van der Waals surface area contributed by atoms with Crippen molar-refractivity contribution in [2.45, 2.75) is 38.4 Å². The molecule has 0 aliphatic carbocycles. The average Bonchev–Trinajstić information content (AvgIpc) is 2.34. The second kappa shape index (κ2) is 6.37. The summed E-state index contributed by atoms with van der Waals surface area (Å²) in [5.74, 6) is 0.389. The first-order chi connectivity index (χ1) is 8.32. The molecule has 0 fully saturated rings. The first-order valence-electron chi connectivity index (χ1n) is 6.29. The summed E-state index contributed by atoms with van der Waals surface area (Å²) in [6.45, 7) is 8.93. The zero-order valence-electron chi connectivity index (χ0n) is 11.5. The lowest BCUT2D eigenvalue weighted by Gasteiger charge is -2.25. The van der Waals surface area contributed by atoms with Crippen molar-refractivity contribution in [2.75, 3.05) is 6.54 Å². The summed E-state index contributed by atoms with van der Waals surface area (Å²) in [7, 11) is 0. The molecule has 0 saturated carbocycles. The standard InChI is InChI=1S/C15H22BrNO/c1-11(12-8-6-5-7-9-12)10-17-14(18)13(16)15(2,3)4/h5-9,11,13H,10H2,1-4H3,(H,17,18). The number of rotatable bonds is 4. The molecule has 0 saturated heterocycles. The molecule has 0 aliphatic rings. The molecule has 0 spiro atoms. The predicted molar refractivity (Wildman–Crippen MR) is 80.0 cm³/mol. The number of hydrogen-bond donors (Lipinski definition) is 1. The van der Waals surface area contributed by atoms with E-state index in [0.717, 1.165) is 0 Å². The summed E-state index contributed by atoms with van der Waals surface area (Å²) >= 11 is 3.46. The molecule has 1 aromatic rings. The van der Waals surface area contributed by atoms with Crippen molar-refractivity contribution in [3.05, 3.63) is 35.9 Å². The Morgan fingerprint density at radius 3 is 2.33 bits per heavy atom. The van der Waals surface area contributed by atoms with E-state index < -0.39 is 0 Å². The van der Waals surface area contributed by atoms with E-state index >= 15 is 0 Å². The van der Waals surface area contributed by atoms with Crippen molar-refractivity contribution >= 4 is 21.8 Å². The summed E-state index contributed by atoms with van der Waals surface area (Å²) in [5.41, 5.74) is 1.18. The number of amides is 1. The third-order valence-corrected chi connectivity index (χ3v) is 4.73. The quantitative estimate of drug-likeness (QED) is 0.844. The Balaban J connectivity index is 2.49. The molecule has 0 heterocycles. The summed E-state index contributed by atoms with van der Waals surface area (Å²) < 4.78 is 0. The largest absolute Gasteiger partial charge is 0.355 e. The number of halogens is 1. The monoisotopic (exact) mass is 311 g/mol. The molecule has 18 heavy (non-hydrogen) atoms. The van der Waals surface area contributed by atoms with Gasteiger partial charge in [0.1, 0.15) is 0 Å². The van der Waals surface area contributed by atoms with Crippen LogP contribution < -0.4 is 5.32 Å². The molecule has 2 atom stereocenters. The third kappa shape index (κ3) is 4.45. The first kappa shape index (κ1) is 15.2. The van der Waals surface area contributed by atoms with Crippen molar-refractivity contribution in [1.29, 1.82) is 0 Å². The number of carbonyl (C=O) groups is 1. The van der Waals surface area contributed by atoms with Gasteiger partial charge in [-0.05, 0) is 16.9 Å². The number of hydrogen-bond acceptors (Lipinski definition) is 1. The molecular weight excluding hydrogens is 290 g/mol. The second-order valence-electron chi connectivity index (χ2n) is 5.79. The van der Waals surface area contributed by atoms with E-state index in [2.05, 4.69) is 40.3 Å². The van der Waals surface area contributed by atoms with Crippen molar-refractivity contribution in [2.24, 2.45) is 5.41 Å². The van der Waals surface area contributed by atoms with Crippen LogP contribution in [0.25, 0.3) is 0 Å². The summed E-state index contributed by atoms with van der Waals surface area (Å²) in [6.07, 6.45) is 0. The first-order valence-corrected chi connectivity index (χ1v) is 7.20. The van der Waals surface area contributed by atoms with Gasteiger partial charge in [0.15, 0.2) is 0 Å². The molecule has 1 rings (SSSR count). The maximum atomic E-state index is 12.0. The highest BCUT2D eigenvalue weighted by Gasteiger charge is 2.28. The van der Waals surface area contributed by atoms with Crippen LogP contribution in [-0.4, -0.2) is 17.3 Å². The molecule has 1 aromatic carbocycles. The molecule has 2 nitrogen and oxygen atoms in total. The van der Waals surface area contributed by atoms with Crippen LogP contribution >= 0.6 is 15.9 Å². The Hall–Kier alpha value is -0.830. The van der Waals surface area contributed by atoms with Crippen LogP contribution in [0, 0.1) is 5.41 Å². The summed E-state index contributed by atoms with van der Waals surface area (Å²) in [4.78, 5) is 11.8. The van der Waals surface area contributed by atoms with Crippen LogP contribution in [0.1, 0.15) is 39.2 Å². The fraction of sp³-hybridized carbons (Fsp3) is 0.533. The van der Waals surface area contributed by atoms with Crippen molar-refractivity contribution in [3.63, 3.8) is 0 Å². The van der Waals surface area contributed by atoms with Crippen LogP contribution in [0.3, 0.4) is 0 Å². The van der Waals surface area contributed by atoms with Crippen molar-refractivity contribution < 1.29 is 4.79 Å². The fourth-order valence-electron chi connectivity index (χ4n) is 1.64. The lowest BCUT2D eigenvalue weighted by atomic mass is 9.91. The number of carbonyl (C=O) groups excluding carboxylic acids is 1. The third-order valence-electron chi connectivity index (χ3n) is 2.94. The Labute approximate surface area is 118 Å². The van der Waals surface area contributed by atoms with Crippen LogP contribution in [0.2, 0.25) is 0 Å². The van der Waals surface area contributed by atoms with Gasteiger partial charge < -0.3 is 5.32 Å². The topological polar surface area (TPSA) is 29.1 Å². The maximum Gasteiger partial charge on any atom is 0.234 e. The Bertz CT molecular complexity index is 383. The van der Waals surface area contributed by atoms with E-state index in [1.165, 1.54) is 5.56 Å². The van der Waals surface area contributed by atoms with Gasteiger partial charge in [0.2, 0.25) is 5.91 Å². The van der Waals surface area contributed by atoms with Crippen molar-refractivity contribution in [1.82, 2.24) is 5.32 Å². The predicted octanol–water partition coefficient (Wildman–Crippen LogP) is 3.72. The van der Waals surface area contributed by atoms with E-state index in [0.29, 0.717) is 12.5 Å². The van der Waals surface area contributed by atoms with E-state index in [1.54, 1.807) is 0 Å². The lowest BCUT2D eigenvalue weighted by Crippen LogP contribution is -2.40. The Kier molecular flexibility index (Phi) is 5.39. The van der Waals surface area contributed by atoms with E-state index in [1.807, 2.05) is 39.0 Å². The van der Waals surface area contributed by atoms with Gasteiger partial charge in [0.25, 0.3) is 0 Å². The minimum Gasteiger partial charge on any atom is -0.355 e. The smallest absolute Gasteiger partial charge is 0.234 e. The SMILES string of the molecule is CC(CNC(=O)C(Br)C(C)(C)C)c1ccccc1. The lowest BCUT2D eigenvalue weighted by molar-refractivity contribution is -0.122. The van der Waals surface area contributed by atoms with Gasteiger partial charge in [-0.2, -0.15) is 0 Å². The van der Waals surface area contributed by atoms with Crippen LogP contribution in [0.4, 0.5) is 0 Å². The Morgan fingerprint density at radius 2 is 1.83 bits per heavy atom. The highest BCUT2D eigenvalue weighted by molar-refractivity contribution is 9.10. The van der Waals surface area contributed by atoms with E-state index in [9.17, 15) is 4.79 Å². The zero-order chi connectivity index (χ0) is 13.8. The number of alkyl halides is 1. The van der Waals surface area contributed by atoms with Crippen LogP contribution in [0.5, 0.6) is 0 Å². The van der Waals surface area contributed by atoms with E-state index in [-0.39, 0.29) is 16.1 Å². The molecule has 100 valence electrons. The van der Waals surface area contributed by atoms with Gasteiger partial charge in [-0.1, -0.05) is 74.0 Å². The molecule has 0 radical (unpaired) electrons. The minimum atomic E-state index is -0.159. The van der Waals surface area contributed by atoms with Gasteiger partial charge in [-0.15, -0.1) is 0 Å². The fourth-order valence-corrected chi connectivity index (χ4v) is 1.80. The molecule has 1 N–H and O–H groups in total.